The maximum atomic E-state index is 13.2. The standard InChI is InChI=1S/C15H13F3NOP/c16-15(17,18)14(19)11-21(20,12-7-3-1-4-8-12)13-9-5-2-6-10-13/h1-11H,19H2/b14-11-. The number of allylic oxidation sites excluding steroid dienone is 1. The van der Waals surface area contributed by atoms with Crippen LogP contribution >= 0.6 is 7.14 Å². The fourth-order valence-electron chi connectivity index (χ4n) is 1.87. The van der Waals surface area contributed by atoms with E-state index in [0.29, 0.717) is 16.4 Å². The molecule has 0 heterocycles. The van der Waals surface area contributed by atoms with Gasteiger partial charge in [0, 0.05) is 16.4 Å². The van der Waals surface area contributed by atoms with Crippen molar-refractivity contribution in [2.75, 3.05) is 0 Å². The van der Waals surface area contributed by atoms with Crippen LogP contribution in [0, 0.1) is 0 Å². The molecule has 0 saturated heterocycles. The molecule has 0 aliphatic heterocycles. The summed E-state index contributed by atoms with van der Waals surface area (Å²) < 4.78 is 51.3. The molecule has 0 fully saturated rings. The molecule has 6 heteroatoms. The van der Waals surface area contributed by atoms with E-state index in [4.69, 9.17) is 5.73 Å². The van der Waals surface area contributed by atoms with Crippen molar-refractivity contribution in [2.45, 2.75) is 6.18 Å². The van der Waals surface area contributed by atoms with Crippen molar-refractivity contribution in [3.8, 4) is 0 Å². The molecule has 0 bridgehead atoms. The van der Waals surface area contributed by atoms with E-state index in [-0.39, 0.29) is 0 Å². The summed E-state index contributed by atoms with van der Waals surface area (Å²) in [7, 11) is -3.58. The molecular weight excluding hydrogens is 298 g/mol. The van der Waals surface area contributed by atoms with Crippen LogP contribution in [0.15, 0.2) is 72.2 Å². The average molecular weight is 311 g/mol. The number of rotatable bonds is 3. The van der Waals surface area contributed by atoms with E-state index < -0.39 is 19.0 Å². The summed E-state index contributed by atoms with van der Waals surface area (Å²) >= 11 is 0. The Bertz CT molecular complexity index is 638. The summed E-state index contributed by atoms with van der Waals surface area (Å²) in [5.41, 5.74) is 3.73. The lowest BCUT2D eigenvalue weighted by molar-refractivity contribution is -0.0924. The molecule has 0 radical (unpaired) electrons. The molecule has 0 aromatic heterocycles. The Balaban J connectivity index is 2.65. The quantitative estimate of drug-likeness (QED) is 0.883. The number of hydrogen-bond donors (Lipinski definition) is 1. The highest BCUT2D eigenvalue weighted by atomic mass is 31.2. The highest BCUT2D eigenvalue weighted by Gasteiger charge is 2.35. The molecular formula is C15H13F3NOP. The molecule has 2 nitrogen and oxygen atoms in total. The van der Waals surface area contributed by atoms with Crippen LogP contribution in [0.25, 0.3) is 0 Å². The first-order valence-corrected chi connectivity index (χ1v) is 7.88. The molecule has 2 N–H and O–H groups in total. The second kappa shape index (κ2) is 5.78. The van der Waals surface area contributed by atoms with Gasteiger partial charge in [-0.3, -0.25) is 0 Å². The number of hydrogen-bond acceptors (Lipinski definition) is 2. The van der Waals surface area contributed by atoms with E-state index in [1.54, 1.807) is 36.4 Å². The Morgan fingerprint density at radius 2 is 1.29 bits per heavy atom. The summed E-state index contributed by atoms with van der Waals surface area (Å²) in [5.74, 6) is 0.637. The lowest BCUT2D eigenvalue weighted by Crippen LogP contribution is -2.22. The van der Waals surface area contributed by atoms with Gasteiger partial charge in [-0.1, -0.05) is 60.7 Å². The number of nitrogens with two attached hydrogens (primary N) is 1. The molecule has 0 atom stereocenters. The Morgan fingerprint density at radius 3 is 1.62 bits per heavy atom. The average Bonchev–Trinajstić information content (AvgIpc) is 2.48. The monoisotopic (exact) mass is 311 g/mol. The molecule has 110 valence electrons. The zero-order valence-corrected chi connectivity index (χ0v) is 11.8. The van der Waals surface area contributed by atoms with Gasteiger partial charge in [-0.15, -0.1) is 0 Å². The summed E-state index contributed by atoms with van der Waals surface area (Å²) in [4.78, 5) is 0. The van der Waals surface area contributed by atoms with Crippen molar-refractivity contribution >= 4 is 17.8 Å². The third-order valence-electron chi connectivity index (χ3n) is 2.93. The lowest BCUT2D eigenvalue weighted by atomic mass is 10.4. The van der Waals surface area contributed by atoms with E-state index in [1.165, 1.54) is 24.3 Å². The lowest BCUT2D eigenvalue weighted by Gasteiger charge is -2.17. The summed E-state index contributed by atoms with van der Waals surface area (Å²) in [6, 6.07) is 16.1. The second-order valence-corrected chi connectivity index (χ2v) is 7.02. The summed E-state index contributed by atoms with van der Waals surface area (Å²) in [6.07, 6.45) is -4.71. The van der Waals surface area contributed by atoms with Gasteiger partial charge in [-0.25, -0.2) is 0 Å². The highest BCUT2D eigenvalue weighted by Crippen LogP contribution is 2.47. The first-order chi connectivity index (χ1) is 9.84. The molecule has 2 rings (SSSR count). The fraction of sp³-hybridized carbons (Fsp3) is 0.0667. The molecule has 2 aromatic rings. The Labute approximate surface area is 120 Å². The van der Waals surface area contributed by atoms with Gasteiger partial charge in [0.2, 0.25) is 0 Å². The van der Waals surface area contributed by atoms with Gasteiger partial charge in [0.25, 0.3) is 0 Å². The normalized spacial score (nSPS) is 13.2. The van der Waals surface area contributed by atoms with Crippen LogP contribution in [-0.2, 0) is 4.57 Å². The van der Waals surface area contributed by atoms with Gasteiger partial charge in [0.15, 0.2) is 7.14 Å². The molecule has 2 aromatic carbocycles. The molecule has 0 unspecified atom stereocenters. The van der Waals surface area contributed by atoms with Gasteiger partial charge in [0.05, 0.1) is 0 Å². The highest BCUT2D eigenvalue weighted by molar-refractivity contribution is 7.81. The molecule has 0 spiro atoms. The third kappa shape index (κ3) is 3.37. The van der Waals surface area contributed by atoms with Gasteiger partial charge in [-0.2, -0.15) is 13.2 Å². The number of halogens is 3. The van der Waals surface area contributed by atoms with Crippen LogP contribution in [0.1, 0.15) is 0 Å². The van der Waals surface area contributed by atoms with Crippen LogP contribution in [-0.4, -0.2) is 6.18 Å². The molecule has 0 aliphatic carbocycles. The van der Waals surface area contributed by atoms with Crippen LogP contribution in [0.4, 0.5) is 13.2 Å². The van der Waals surface area contributed by atoms with Gasteiger partial charge < -0.3 is 10.3 Å². The predicted octanol–water partition coefficient (Wildman–Crippen LogP) is 3.36. The van der Waals surface area contributed by atoms with Crippen molar-refractivity contribution in [3.05, 3.63) is 72.2 Å². The van der Waals surface area contributed by atoms with Crippen LogP contribution in [0.5, 0.6) is 0 Å². The van der Waals surface area contributed by atoms with Gasteiger partial charge in [0.1, 0.15) is 5.70 Å². The molecule has 0 amide bonds. The first-order valence-electron chi connectivity index (χ1n) is 6.10. The van der Waals surface area contributed by atoms with Crippen molar-refractivity contribution < 1.29 is 17.7 Å². The number of alkyl halides is 3. The minimum absolute atomic E-state index is 0.309. The van der Waals surface area contributed by atoms with Crippen LogP contribution in [0.2, 0.25) is 0 Å². The van der Waals surface area contributed by atoms with Crippen molar-refractivity contribution in [1.29, 1.82) is 0 Å². The Hall–Kier alpha value is -2.00. The maximum Gasteiger partial charge on any atom is 0.430 e. The number of benzene rings is 2. The minimum Gasteiger partial charge on any atom is -0.395 e. The Kier molecular flexibility index (Phi) is 4.24. The smallest absolute Gasteiger partial charge is 0.395 e. The van der Waals surface area contributed by atoms with Crippen molar-refractivity contribution in [2.24, 2.45) is 5.73 Å². The van der Waals surface area contributed by atoms with E-state index >= 15 is 0 Å². The van der Waals surface area contributed by atoms with Crippen molar-refractivity contribution in [3.63, 3.8) is 0 Å². The third-order valence-corrected chi connectivity index (χ3v) is 5.70. The van der Waals surface area contributed by atoms with Gasteiger partial charge >= 0.3 is 6.18 Å². The first kappa shape index (κ1) is 15.4. The summed E-state index contributed by atoms with van der Waals surface area (Å²) in [6.45, 7) is 0. The zero-order chi connectivity index (χ0) is 15.5. The van der Waals surface area contributed by atoms with E-state index in [0.717, 1.165) is 0 Å². The molecule has 0 aliphatic rings. The molecule has 21 heavy (non-hydrogen) atoms. The van der Waals surface area contributed by atoms with E-state index in [2.05, 4.69) is 0 Å². The SMILES string of the molecule is N/C(=C\P(=O)(c1ccccc1)c1ccccc1)C(F)(F)F. The van der Waals surface area contributed by atoms with E-state index in [1.807, 2.05) is 0 Å². The predicted molar refractivity (Wildman–Crippen MR) is 78.1 cm³/mol. The van der Waals surface area contributed by atoms with Crippen LogP contribution < -0.4 is 16.3 Å². The van der Waals surface area contributed by atoms with Crippen molar-refractivity contribution in [1.82, 2.24) is 0 Å². The largest absolute Gasteiger partial charge is 0.430 e. The summed E-state index contributed by atoms with van der Waals surface area (Å²) in [5, 5.41) is 0.617. The Morgan fingerprint density at radius 1 is 0.905 bits per heavy atom. The van der Waals surface area contributed by atoms with E-state index in [9.17, 15) is 17.7 Å². The topological polar surface area (TPSA) is 43.1 Å². The molecule has 0 saturated carbocycles. The van der Waals surface area contributed by atoms with Gasteiger partial charge in [-0.05, 0) is 0 Å². The maximum absolute atomic E-state index is 13.2. The zero-order valence-electron chi connectivity index (χ0n) is 10.9. The van der Waals surface area contributed by atoms with Crippen LogP contribution in [0.3, 0.4) is 0 Å². The second-order valence-electron chi connectivity index (χ2n) is 4.41. The minimum atomic E-state index is -4.71. The fourth-order valence-corrected chi connectivity index (χ4v) is 4.23.